The Morgan fingerprint density at radius 1 is 1.50 bits per heavy atom. The summed E-state index contributed by atoms with van der Waals surface area (Å²) in [5, 5.41) is 13.6. The SMILES string of the molecule is COc1ccc(S(N)(=O)=O)c(CC(=O)O)c1. The summed E-state index contributed by atoms with van der Waals surface area (Å²) in [6.07, 6.45) is -0.428. The maximum atomic E-state index is 11.2. The first-order chi connectivity index (χ1) is 7.34. The molecule has 3 N–H and O–H groups in total. The van der Waals surface area contributed by atoms with Gasteiger partial charge in [0.05, 0.1) is 18.4 Å². The number of hydrogen-bond acceptors (Lipinski definition) is 4. The second-order valence-electron chi connectivity index (χ2n) is 3.09. The Labute approximate surface area is 92.7 Å². The maximum absolute atomic E-state index is 11.2. The Kier molecular flexibility index (Phi) is 3.51. The van der Waals surface area contributed by atoms with Gasteiger partial charge in [0.1, 0.15) is 5.75 Å². The second kappa shape index (κ2) is 4.50. The van der Waals surface area contributed by atoms with Gasteiger partial charge in [-0.05, 0) is 23.8 Å². The molecule has 0 bridgehead atoms. The minimum atomic E-state index is -3.92. The van der Waals surface area contributed by atoms with Crippen molar-refractivity contribution in [3.8, 4) is 5.75 Å². The molecule has 7 heteroatoms. The molecule has 0 aliphatic rings. The number of carbonyl (C=O) groups is 1. The van der Waals surface area contributed by atoms with E-state index < -0.39 is 22.4 Å². The fourth-order valence-electron chi connectivity index (χ4n) is 1.26. The minimum absolute atomic E-state index is 0.106. The zero-order chi connectivity index (χ0) is 12.3. The molecule has 88 valence electrons. The molecule has 1 aromatic carbocycles. The molecule has 0 radical (unpaired) electrons. The van der Waals surface area contributed by atoms with Crippen LogP contribution in [0.3, 0.4) is 0 Å². The average Bonchev–Trinajstić information content (AvgIpc) is 2.14. The molecule has 0 fully saturated rings. The van der Waals surface area contributed by atoms with Gasteiger partial charge in [0.2, 0.25) is 10.0 Å². The number of primary sulfonamides is 1. The van der Waals surface area contributed by atoms with Crippen molar-refractivity contribution in [2.75, 3.05) is 7.11 Å². The van der Waals surface area contributed by atoms with E-state index in [1.54, 1.807) is 0 Å². The smallest absolute Gasteiger partial charge is 0.307 e. The highest BCUT2D eigenvalue weighted by atomic mass is 32.2. The number of nitrogens with two attached hydrogens (primary N) is 1. The number of carboxylic acid groups (broad SMARTS) is 1. The van der Waals surface area contributed by atoms with E-state index in [-0.39, 0.29) is 10.5 Å². The first-order valence-corrected chi connectivity index (χ1v) is 5.80. The molecule has 0 aromatic heterocycles. The number of sulfonamides is 1. The Hall–Kier alpha value is -1.60. The van der Waals surface area contributed by atoms with Crippen LogP contribution in [0.15, 0.2) is 23.1 Å². The van der Waals surface area contributed by atoms with Gasteiger partial charge < -0.3 is 9.84 Å². The van der Waals surface area contributed by atoms with E-state index in [1.165, 1.54) is 25.3 Å². The van der Waals surface area contributed by atoms with Crippen LogP contribution in [0.5, 0.6) is 5.75 Å². The van der Waals surface area contributed by atoms with Gasteiger partial charge in [-0.25, -0.2) is 13.6 Å². The number of ether oxygens (including phenoxy) is 1. The van der Waals surface area contributed by atoms with E-state index in [4.69, 9.17) is 15.0 Å². The van der Waals surface area contributed by atoms with Crippen molar-refractivity contribution in [2.24, 2.45) is 5.14 Å². The third-order valence-corrected chi connectivity index (χ3v) is 2.93. The van der Waals surface area contributed by atoms with Crippen LogP contribution in [0.2, 0.25) is 0 Å². The molecular formula is C9H11NO5S. The van der Waals surface area contributed by atoms with Gasteiger partial charge in [-0.15, -0.1) is 0 Å². The van der Waals surface area contributed by atoms with Crippen LogP contribution < -0.4 is 9.88 Å². The van der Waals surface area contributed by atoms with Gasteiger partial charge in [0.25, 0.3) is 0 Å². The average molecular weight is 245 g/mol. The van der Waals surface area contributed by atoms with Crippen LogP contribution in [0.1, 0.15) is 5.56 Å². The number of hydrogen-bond donors (Lipinski definition) is 2. The van der Waals surface area contributed by atoms with Crippen molar-refractivity contribution in [3.05, 3.63) is 23.8 Å². The lowest BCUT2D eigenvalue weighted by atomic mass is 10.1. The zero-order valence-electron chi connectivity index (χ0n) is 8.50. The van der Waals surface area contributed by atoms with Gasteiger partial charge in [0.15, 0.2) is 0 Å². The van der Waals surface area contributed by atoms with E-state index >= 15 is 0 Å². The van der Waals surface area contributed by atoms with Gasteiger partial charge in [0, 0.05) is 0 Å². The summed E-state index contributed by atoms with van der Waals surface area (Å²) >= 11 is 0. The highest BCUT2D eigenvalue weighted by Crippen LogP contribution is 2.21. The number of aliphatic carboxylic acids is 1. The van der Waals surface area contributed by atoms with Crippen LogP contribution in [0.4, 0.5) is 0 Å². The highest BCUT2D eigenvalue weighted by molar-refractivity contribution is 7.89. The van der Waals surface area contributed by atoms with Gasteiger partial charge >= 0.3 is 5.97 Å². The molecule has 0 saturated carbocycles. The van der Waals surface area contributed by atoms with Crippen molar-refractivity contribution in [3.63, 3.8) is 0 Å². The molecule has 0 heterocycles. The summed E-state index contributed by atoms with van der Waals surface area (Å²) in [7, 11) is -2.52. The molecule has 0 aliphatic carbocycles. The Balaban J connectivity index is 3.33. The summed E-state index contributed by atoms with van der Waals surface area (Å²) in [5.41, 5.74) is 0.106. The quantitative estimate of drug-likeness (QED) is 0.774. The van der Waals surface area contributed by atoms with E-state index in [9.17, 15) is 13.2 Å². The number of methoxy groups -OCH3 is 1. The predicted octanol–water partition coefficient (Wildman–Crippen LogP) is -0.0303. The lowest BCUT2D eigenvalue weighted by molar-refractivity contribution is -0.136. The molecule has 0 atom stereocenters. The summed E-state index contributed by atoms with van der Waals surface area (Å²) in [6.45, 7) is 0. The van der Waals surface area contributed by atoms with E-state index in [0.29, 0.717) is 5.75 Å². The van der Waals surface area contributed by atoms with Crippen LogP contribution in [-0.4, -0.2) is 26.6 Å². The molecule has 1 rings (SSSR count). The van der Waals surface area contributed by atoms with Crippen LogP contribution >= 0.6 is 0 Å². The molecular weight excluding hydrogens is 234 g/mol. The zero-order valence-corrected chi connectivity index (χ0v) is 9.32. The highest BCUT2D eigenvalue weighted by Gasteiger charge is 2.16. The first kappa shape index (κ1) is 12.5. The Bertz CT molecular complexity index is 509. The van der Waals surface area contributed by atoms with Crippen molar-refractivity contribution >= 4 is 16.0 Å². The van der Waals surface area contributed by atoms with Crippen LogP contribution in [0, 0.1) is 0 Å². The number of carboxylic acids is 1. The van der Waals surface area contributed by atoms with E-state index in [0.717, 1.165) is 0 Å². The van der Waals surface area contributed by atoms with E-state index in [1.807, 2.05) is 0 Å². The van der Waals surface area contributed by atoms with Crippen LogP contribution in [0.25, 0.3) is 0 Å². The van der Waals surface area contributed by atoms with Crippen molar-refractivity contribution in [2.45, 2.75) is 11.3 Å². The summed E-state index contributed by atoms with van der Waals surface area (Å²) < 4.78 is 27.2. The first-order valence-electron chi connectivity index (χ1n) is 4.26. The van der Waals surface area contributed by atoms with Gasteiger partial charge in [-0.3, -0.25) is 4.79 Å². The van der Waals surface area contributed by atoms with Crippen molar-refractivity contribution in [1.82, 2.24) is 0 Å². The minimum Gasteiger partial charge on any atom is -0.497 e. The molecule has 6 nitrogen and oxygen atoms in total. The summed E-state index contributed by atoms with van der Waals surface area (Å²) in [6, 6.07) is 3.98. The lowest BCUT2D eigenvalue weighted by Gasteiger charge is -2.07. The maximum Gasteiger partial charge on any atom is 0.307 e. The Morgan fingerprint density at radius 3 is 2.56 bits per heavy atom. The van der Waals surface area contributed by atoms with E-state index in [2.05, 4.69) is 0 Å². The topological polar surface area (TPSA) is 107 Å². The molecule has 0 saturated heterocycles. The fraction of sp³-hybridized carbons (Fsp3) is 0.222. The predicted molar refractivity (Wildman–Crippen MR) is 55.7 cm³/mol. The monoisotopic (exact) mass is 245 g/mol. The Morgan fingerprint density at radius 2 is 2.12 bits per heavy atom. The van der Waals surface area contributed by atoms with Crippen molar-refractivity contribution in [1.29, 1.82) is 0 Å². The molecule has 1 aromatic rings. The molecule has 0 spiro atoms. The third-order valence-electron chi connectivity index (χ3n) is 1.92. The van der Waals surface area contributed by atoms with Gasteiger partial charge in [-0.1, -0.05) is 0 Å². The summed E-state index contributed by atoms with van der Waals surface area (Å²) in [4.78, 5) is 10.4. The standard InChI is InChI=1S/C9H11NO5S/c1-15-7-2-3-8(16(10,13)14)6(4-7)5-9(11)12/h2-4H,5H2,1H3,(H,11,12)(H2,10,13,14). The second-order valence-corrected chi connectivity index (χ2v) is 4.62. The number of rotatable bonds is 4. The number of benzene rings is 1. The fourth-order valence-corrected chi connectivity index (χ4v) is 2.02. The molecule has 0 unspecified atom stereocenters. The third kappa shape index (κ3) is 2.94. The molecule has 0 aliphatic heterocycles. The van der Waals surface area contributed by atoms with Crippen molar-refractivity contribution < 1.29 is 23.1 Å². The lowest BCUT2D eigenvalue weighted by Crippen LogP contribution is -2.16. The summed E-state index contributed by atoms with van der Waals surface area (Å²) in [5.74, 6) is -0.762. The molecule has 0 amide bonds. The molecule has 16 heavy (non-hydrogen) atoms. The van der Waals surface area contributed by atoms with Gasteiger partial charge in [-0.2, -0.15) is 0 Å². The van der Waals surface area contributed by atoms with Crippen LogP contribution in [-0.2, 0) is 21.2 Å². The largest absolute Gasteiger partial charge is 0.497 e. The normalized spacial score (nSPS) is 11.1.